The Balaban J connectivity index is 2.22. The van der Waals surface area contributed by atoms with Crippen LogP contribution in [-0.4, -0.2) is 5.78 Å². The van der Waals surface area contributed by atoms with Crippen molar-refractivity contribution in [3.8, 4) is 6.07 Å². The number of rotatable bonds is 1. The highest BCUT2D eigenvalue weighted by Gasteiger charge is 2.43. The van der Waals surface area contributed by atoms with E-state index < -0.39 is 5.92 Å². The Morgan fingerprint density at radius 3 is 2.62 bits per heavy atom. The summed E-state index contributed by atoms with van der Waals surface area (Å²) in [5.41, 5.74) is 9.94. The minimum atomic E-state index is -0.428. The van der Waals surface area contributed by atoms with Crippen molar-refractivity contribution < 1.29 is 9.53 Å². The van der Waals surface area contributed by atoms with E-state index in [1.165, 1.54) is 0 Å². The van der Waals surface area contributed by atoms with Gasteiger partial charge >= 0.3 is 0 Å². The molecular weight excluding hydrogens is 300 g/mol. The van der Waals surface area contributed by atoms with Gasteiger partial charge in [-0.15, -0.1) is 0 Å². The Morgan fingerprint density at radius 2 is 2.00 bits per heavy atom. The van der Waals surface area contributed by atoms with Crippen LogP contribution in [0.5, 0.6) is 0 Å². The van der Waals surface area contributed by atoms with Gasteiger partial charge in [0, 0.05) is 18.4 Å². The van der Waals surface area contributed by atoms with Crippen LogP contribution in [0, 0.1) is 30.6 Å². The number of ether oxygens (including phenoxy) is 1. The summed E-state index contributed by atoms with van der Waals surface area (Å²) in [6.45, 7) is 8.11. The van der Waals surface area contributed by atoms with Crippen LogP contribution in [0.15, 0.2) is 41.0 Å². The molecule has 24 heavy (non-hydrogen) atoms. The molecule has 0 amide bonds. The van der Waals surface area contributed by atoms with Crippen LogP contribution in [-0.2, 0) is 9.53 Å². The van der Waals surface area contributed by atoms with E-state index in [0.29, 0.717) is 29.7 Å². The van der Waals surface area contributed by atoms with Crippen LogP contribution in [0.2, 0.25) is 0 Å². The van der Waals surface area contributed by atoms with Crippen LogP contribution in [0.3, 0.4) is 0 Å². The molecule has 0 fully saturated rings. The highest BCUT2D eigenvalue weighted by Crippen LogP contribution is 2.48. The molecule has 0 bridgehead atoms. The van der Waals surface area contributed by atoms with Gasteiger partial charge in [-0.05, 0) is 30.4 Å². The van der Waals surface area contributed by atoms with Crippen LogP contribution in [0.25, 0.3) is 0 Å². The topological polar surface area (TPSA) is 76.1 Å². The molecule has 1 aromatic carbocycles. The van der Waals surface area contributed by atoms with Crippen LogP contribution < -0.4 is 5.73 Å². The van der Waals surface area contributed by atoms with Crippen LogP contribution in [0.1, 0.15) is 49.3 Å². The van der Waals surface area contributed by atoms with Gasteiger partial charge in [-0.1, -0.05) is 37.6 Å². The number of carbonyl (C=O) groups is 1. The summed E-state index contributed by atoms with van der Waals surface area (Å²) in [6.07, 6.45) is 1.10. The quantitative estimate of drug-likeness (QED) is 0.854. The minimum Gasteiger partial charge on any atom is -0.444 e. The number of nitrogens with zero attached hydrogens (tertiary/aromatic N) is 1. The van der Waals surface area contributed by atoms with Gasteiger partial charge in [-0.25, -0.2) is 0 Å². The molecule has 124 valence electrons. The molecule has 1 aliphatic heterocycles. The minimum absolute atomic E-state index is 0.0477. The molecule has 1 aromatic rings. The second-order valence-corrected chi connectivity index (χ2v) is 7.56. The average molecular weight is 322 g/mol. The van der Waals surface area contributed by atoms with Gasteiger partial charge in [0.1, 0.15) is 17.4 Å². The third-order valence-corrected chi connectivity index (χ3v) is 4.81. The van der Waals surface area contributed by atoms with E-state index in [-0.39, 0.29) is 17.1 Å². The zero-order valence-corrected chi connectivity index (χ0v) is 14.6. The Morgan fingerprint density at radius 1 is 1.29 bits per heavy atom. The van der Waals surface area contributed by atoms with Crippen molar-refractivity contribution in [1.29, 1.82) is 5.26 Å². The number of nitriles is 1. The first-order chi connectivity index (χ1) is 11.2. The second kappa shape index (κ2) is 5.52. The van der Waals surface area contributed by atoms with Crippen molar-refractivity contribution in [1.82, 2.24) is 0 Å². The zero-order valence-electron chi connectivity index (χ0n) is 14.6. The maximum Gasteiger partial charge on any atom is 0.205 e. The Bertz CT molecular complexity index is 838. The molecule has 3 rings (SSSR count). The first kappa shape index (κ1) is 16.3. The lowest BCUT2D eigenvalue weighted by atomic mass is 9.70. The molecule has 1 atom stereocenters. The number of carbonyl (C=O) groups excluding carboxylic acids is 1. The molecule has 2 aliphatic rings. The molecule has 0 spiro atoms. The number of hydrogen-bond donors (Lipinski definition) is 1. The fourth-order valence-electron chi connectivity index (χ4n) is 3.75. The van der Waals surface area contributed by atoms with E-state index >= 15 is 0 Å². The van der Waals surface area contributed by atoms with Crippen molar-refractivity contribution in [2.24, 2.45) is 11.1 Å². The summed E-state index contributed by atoms with van der Waals surface area (Å²) in [7, 11) is 0. The molecule has 0 saturated carbocycles. The summed E-state index contributed by atoms with van der Waals surface area (Å²) < 4.78 is 5.71. The first-order valence-corrected chi connectivity index (χ1v) is 8.14. The molecule has 0 saturated heterocycles. The van der Waals surface area contributed by atoms with Gasteiger partial charge in [0.2, 0.25) is 5.88 Å². The fourth-order valence-corrected chi connectivity index (χ4v) is 3.75. The predicted molar refractivity (Wildman–Crippen MR) is 91.6 cm³/mol. The Labute approximate surface area is 142 Å². The van der Waals surface area contributed by atoms with Gasteiger partial charge in [-0.2, -0.15) is 5.26 Å². The van der Waals surface area contributed by atoms with Gasteiger partial charge in [-0.3, -0.25) is 4.79 Å². The molecule has 0 radical (unpaired) electrons. The summed E-state index contributed by atoms with van der Waals surface area (Å²) in [6, 6.07) is 8.21. The largest absolute Gasteiger partial charge is 0.444 e. The number of ketones is 1. The number of benzene rings is 1. The van der Waals surface area contributed by atoms with Crippen molar-refractivity contribution in [2.75, 3.05) is 0 Å². The van der Waals surface area contributed by atoms with Crippen molar-refractivity contribution in [3.05, 3.63) is 57.7 Å². The number of nitrogens with two attached hydrogens (primary N) is 1. The maximum atomic E-state index is 12.9. The van der Waals surface area contributed by atoms with Gasteiger partial charge in [0.05, 0.1) is 5.92 Å². The van der Waals surface area contributed by atoms with Crippen LogP contribution >= 0.6 is 0 Å². The molecule has 4 heteroatoms. The van der Waals surface area contributed by atoms with E-state index in [9.17, 15) is 10.1 Å². The van der Waals surface area contributed by atoms with Crippen molar-refractivity contribution >= 4 is 5.78 Å². The third-order valence-electron chi connectivity index (χ3n) is 4.81. The average Bonchev–Trinajstić information content (AvgIpc) is 2.44. The molecule has 0 aromatic heterocycles. The summed E-state index contributed by atoms with van der Waals surface area (Å²) in [5.74, 6) is 0.360. The monoisotopic (exact) mass is 322 g/mol. The highest BCUT2D eigenvalue weighted by atomic mass is 16.5. The van der Waals surface area contributed by atoms with E-state index in [1.54, 1.807) is 0 Å². The smallest absolute Gasteiger partial charge is 0.205 e. The fraction of sp³-hybridized carbons (Fsp3) is 0.400. The summed E-state index contributed by atoms with van der Waals surface area (Å²) >= 11 is 0. The van der Waals surface area contributed by atoms with E-state index in [1.807, 2.05) is 39.8 Å². The molecule has 1 aliphatic carbocycles. The summed E-state index contributed by atoms with van der Waals surface area (Å²) in [5, 5.41) is 9.62. The lowest BCUT2D eigenvalue weighted by Gasteiger charge is -2.37. The van der Waals surface area contributed by atoms with Crippen molar-refractivity contribution in [2.45, 2.75) is 46.5 Å². The lowest BCUT2D eigenvalue weighted by Crippen LogP contribution is -2.33. The van der Waals surface area contributed by atoms with E-state index in [2.05, 4.69) is 12.1 Å². The standard InChI is InChI=1S/C20H22N2O2/c1-11-5-6-13(12(2)7-11)17-14(10-21)19(22)24-16-9-20(3,4)8-15(23)18(16)17/h5-7,17H,8-9,22H2,1-4H3/t17-/m1/s1. The predicted octanol–water partition coefficient (Wildman–Crippen LogP) is 3.75. The number of hydrogen-bond acceptors (Lipinski definition) is 4. The number of allylic oxidation sites excluding steroid dienone is 3. The van der Waals surface area contributed by atoms with E-state index in [4.69, 9.17) is 10.5 Å². The zero-order chi connectivity index (χ0) is 17.6. The lowest BCUT2D eigenvalue weighted by molar-refractivity contribution is -0.119. The SMILES string of the molecule is Cc1ccc([C@@H]2C(C#N)=C(N)OC3=C2C(=O)CC(C)(C)C3)c(C)c1. The first-order valence-electron chi connectivity index (χ1n) is 8.14. The molecular formula is C20H22N2O2. The Kier molecular flexibility index (Phi) is 3.76. The maximum absolute atomic E-state index is 12.9. The van der Waals surface area contributed by atoms with Crippen molar-refractivity contribution in [3.63, 3.8) is 0 Å². The number of Topliss-reactive ketones (excluding diaryl/α,β-unsaturated/α-hetero) is 1. The Hall–Kier alpha value is -2.54. The summed E-state index contributed by atoms with van der Waals surface area (Å²) in [4.78, 5) is 12.9. The van der Waals surface area contributed by atoms with Gasteiger partial charge in [0.15, 0.2) is 5.78 Å². The molecule has 2 N–H and O–H groups in total. The highest BCUT2D eigenvalue weighted by molar-refractivity contribution is 6.00. The van der Waals surface area contributed by atoms with Gasteiger partial charge in [0.25, 0.3) is 0 Å². The second-order valence-electron chi connectivity index (χ2n) is 7.56. The third kappa shape index (κ3) is 2.60. The molecule has 4 nitrogen and oxygen atoms in total. The number of aryl methyl sites for hydroxylation is 2. The molecule has 1 heterocycles. The van der Waals surface area contributed by atoms with Gasteiger partial charge < -0.3 is 10.5 Å². The van der Waals surface area contributed by atoms with Crippen LogP contribution in [0.4, 0.5) is 0 Å². The van der Waals surface area contributed by atoms with E-state index in [0.717, 1.165) is 16.7 Å². The molecule has 0 unspecified atom stereocenters. The normalized spacial score (nSPS) is 22.8.